The van der Waals surface area contributed by atoms with E-state index in [4.69, 9.17) is 10.5 Å². The van der Waals surface area contributed by atoms with Crippen molar-refractivity contribution in [1.82, 2.24) is 0 Å². The molecule has 1 unspecified atom stereocenters. The molecule has 2 rings (SSSR count). The van der Waals surface area contributed by atoms with Crippen LogP contribution in [0.5, 0.6) is 5.75 Å². The molecule has 0 amide bonds. The van der Waals surface area contributed by atoms with Gasteiger partial charge in [0.2, 0.25) is 0 Å². The number of ether oxygens (including phenoxy) is 1. The fourth-order valence-electron chi connectivity index (χ4n) is 2.19. The third kappa shape index (κ3) is 2.99. The van der Waals surface area contributed by atoms with Crippen molar-refractivity contribution in [2.24, 2.45) is 5.73 Å². The van der Waals surface area contributed by atoms with Crippen molar-refractivity contribution in [3.8, 4) is 5.75 Å². The molecule has 0 spiro atoms. The van der Waals surface area contributed by atoms with Crippen LogP contribution in [0.4, 0.5) is 4.39 Å². The van der Waals surface area contributed by atoms with Gasteiger partial charge in [0, 0.05) is 6.54 Å². The lowest BCUT2D eigenvalue weighted by Gasteiger charge is -2.25. The zero-order valence-corrected chi connectivity index (χ0v) is 11.8. The summed E-state index contributed by atoms with van der Waals surface area (Å²) in [6, 6.07) is 16.1. The molecule has 20 heavy (non-hydrogen) atoms. The van der Waals surface area contributed by atoms with Crippen LogP contribution in [0.2, 0.25) is 0 Å². The summed E-state index contributed by atoms with van der Waals surface area (Å²) in [7, 11) is 0. The first-order valence-electron chi connectivity index (χ1n) is 6.78. The summed E-state index contributed by atoms with van der Waals surface area (Å²) in [5, 5.41) is 0. The van der Waals surface area contributed by atoms with E-state index in [1.54, 1.807) is 30.3 Å². The van der Waals surface area contributed by atoms with E-state index < -0.39 is 5.67 Å². The van der Waals surface area contributed by atoms with Gasteiger partial charge in [0.25, 0.3) is 0 Å². The molecule has 0 heterocycles. The molecule has 3 heteroatoms. The smallest absolute Gasteiger partial charge is 0.173 e. The number of hydrogen-bond donors (Lipinski definition) is 1. The first-order valence-corrected chi connectivity index (χ1v) is 6.78. The fraction of sp³-hybridized carbons (Fsp3) is 0.294. The molecule has 0 aliphatic heterocycles. The third-order valence-corrected chi connectivity index (χ3v) is 3.18. The minimum absolute atomic E-state index is 0.0499. The molecule has 1 atom stereocenters. The summed E-state index contributed by atoms with van der Waals surface area (Å²) in [5.41, 5.74) is 5.09. The van der Waals surface area contributed by atoms with Crippen LogP contribution in [-0.2, 0) is 5.67 Å². The van der Waals surface area contributed by atoms with Crippen LogP contribution in [0, 0.1) is 0 Å². The normalized spacial score (nSPS) is 14.1. The predicted molar refractivity (Wildman–Crippen MR) is 79.6 cm³/mol. The van der Waals surface area contributed by atoms with Crippen molar-refractivity contribution >= 4 is 0 Å². The van der Waals surface area contributed by atoms with Gasteiger partial charge < -0.3 is 10.5 Å². The second kappa shape index (κ2) is 6.06. The molecule has 0 aliphatic carbocycles. The highest BCUT2D eigenvalue weighted by Gasteiger charge is 2.32. The van der Waals surface area contributed by atoms with Gasteiger partial charge in [0.05, 0.1) is 6.10 Å². The summed E-state index contributed by atoms with van der Waals surface area (Å²) in [4.78, 5) is 0. The van der Waals surface area contributed by atoms with Crippen LogP contribution in [0.25, 0.3) is 0 Å². The Balaban J connectivity index is 2.41. The second-order valence-electron chi connectivity index (χ2n) is 5.07. The molecule has 0 bridgehead atoms. The monoisotopic (exact) mass is 273 g/mol. The molecule has 2 nitrogen and oxygen atoms in total. The first kappa shape index (κ1) is 14.5. The van der Waals surface area contributed by atoms with E-state index >= 15 is 4.39 Å². The first-order chi connectivity index (χ1) is 9.56. The maximum atomic E-state index is 15.3. The number of benzene rings is 2. The zero-order valence-electron chi connectivity index (χ0n) is 11.8. The van der Waals surface area contributed by atoms with Crippen LogP contribution in [0.15, 0.2) is 54.6 Å². The van der Waals surface area contributed by atoms with Crippen molar-refractivity contribution < 1.29 is 9.13 Å². The third-order valence-electron chi connectivity index (χ3n) is 3.18. The van der Waals surface area contributed by atoms with Crippen molar-refractivity contribution in [3.05, 3.63) is 65.7 Å². The Hall–Kier alpha value is -1.87. The van der Waals surface area contributed by atoms with Crippen LogP contribution in [-0.4, -0.2) is 12.6 Å². The van der Waals surface area contributed by atoms with Crippen molar-refractivity contribution in [2.75, 3.05) is 6.54 Å². The van der Waals surface area contributed by atoms with Gasteiger partial charge in [-0.15, -0.1) is 0 Å². The van der Waals surface area contributed by atoms with E-state index in [0.29, 0.717) is 16.9 Å². The Bertz CT molecular complexity index is 556. The highest BCUT2D eigenvalue weighted by Crippen LogP contribution is 2.34. The minimum Gasteiger partial charge on any atom is -0.491 e. The summed E-state index contributed by atoms with van der Waals surface area (Å²) < 4.78 is 20.9. The van der Waals surface area contributed by atoms with Crippen molar-refractivity contribution in [2.45, 2.75) is 25.6 Å². The molecule has 0 aliphatic rings. The quantitative estimate of drug-likeness (QED) is 0.902. The SMILES string of the molecule is CC(C)Oc1cccc(C(F)(CN)c2ccccc2)c1. The van der Waals surface area contributed by atoms with Gasteiger partial charge in [-0.05, 0) is 37.1 Å². The largest absolute Gasteiger partial charge is 0.491 e. The number of alkyl halides is 1. The van der Waals surface area contributed by atoms with E-state index in [1.165, 1.54) is 0 Å². The molecule has 0 radical (unpaired) electrons. The molecule has 2 aromatic rings. The van der Waals surface area contributed by atoms with Gasteiger partial charge in [-0.3, -0.25) is 0 Å². The molecular formula is C17H20FNO. The second-order valence-corrected chi connectivity index (χ2v) is 5.07. The molecule has 106 valence electrons. The van der Waals surface area contributed by atoms with Gasteiger partial charge in [-0.25, -0.2) is 4.39 Å². The number of halogens is 1. The van der Waals surface area contributed by atoms with E-state index in [-0.39, 0.29) is 12.6 Å². The van der Waals surface area contributed by atoms with Gasteiger partial charge in [0.1, 0.15) is 5.75 Å². The van der Waals surface area contributed by atoms with Crippen molar-refractivity contribution in [1.29, 1.82) is 0 Å². The Labute approximate surface area is 119 Å². The van der Waals surface area contributed by atoms with E-state index in [1.807, 2.05) is 38.1 Å². The molecule has 2 aromatic carbocycles. The number of hydrogen-bond acceptors (Lipinski definition) is 2. The average Bonchev–Trinajstić information content (AvgIpc) is 2.47. The Morgan fingerprint density at radius 3 is 2.30 bits per heavy atom. The predicted octanol–water partition coefficient (Wildman–Crippen LogP) is 3.65. The highest BCUT2D eigenvalue weighted by molar-refractivity contribution is 5.40. The highest BCUT2D eigenvalue weighted by atomic mass is 19.1. The Morgan fingerprint density at radius 2 is 1.70 bits per heavy atom. The molecule has 2 N–H and O–H groups in total. The maximum absolute atomic E-state index is 15.3. The molecule has 0 saturated heterocycles. The van der Waals surface area contributed by atoms with Crippen LogP contribution < -0.4 is 10.5 Å². The summed E-state index contributed by atoms with van der Waals surface area (Å²) in [5.74, 6) is 0.656. The zero-order chi connectivity index (χ0) is 14.6. The van der Waals surface area contributed by atoms with Crippen molar-refractivity contribution in [3.63, 3.8) is 0 Å². The topological polar surface area (TPSA) is 35.2 Å². The fourth-order valence-corrected chi connectivity index (χ4v) is 2.19. The molecule has 0 fully saturated rings. The maximum Gasteiger partial charge on any atom is 0.173 e. The van der Waals surface area contributed by atoms with E-state index in [0.717, 1.165) is 0 Å². The minimum atomic E-state index is -1.70. The van der Waals surface area contributed by atoms with Gasteiger partial charge in [-0.2, -0.15) is 0 Å². The lowest BCUT2D eigenvalue weighted by atomic mass is 9.88. The molecule has 0 aromatic heterocycles. The van der Waals surface area contributed by atoms with E-state index in [9.17, 15) is 0 Å². The van der Waals surface area contributed by atoms with Crippen LogP contribution in [0.3, 0.4) is 0 Å². The standard InChI is InChI=1S/C17H20FNO/c1-13(2)20-16-10-6-9-15(11-16)17(18,12-19)14-7-4-3-5-8-14/h3-11,13H,12,19H2,1-2H3. The Morgan fingerprint density at radius 1 is 1.05 bits per heavy atom. The van der Waals surface area contributed by atoms with Crippen LogP contribution >= 0.6 is 0 Å². The molecular weight excluding hydrogens is 253 g/mol. The summed E-state index contributed by atoms with van der Waals surface area (Å²) >= 11 is 0. The molecule has 0 saturated carbocycles. The summed E-state index contributed by atoms with van der Waals surface area (Å²) in [6.45, 7) is 3.77. The van der Waals surface area contributed by atoms with Crippen LogP contribution in [0.1, 0.15) is 25.0 Å². The average molecular weight is 273 g/mol. The summed E-state index contributed by atoms with van der Waals surface area (Å²) in [6.07, 6.45) is 0.0499. The number of rotatable bonds is 5. The number of nitrogens with two attached hydrogens (primary N) is 1. The lowest BCUT2D eigenvalue weighted by Crippen LogP contribution is -2.31. The Kier molecular flexibility index (Phi) is 4.40. The van der Waals surface area contributed by atoms with E-state index in [2.05, 4.69) is 0 Å². The van der Waals surface area contributed by atoms with Gasteiger partial charge in [0.15, 0.2) is 5.67 Å². The van der Waals surface area contributed by atoms with Gasteiger partial charge >= 0.3 is 0 Å². The lowest BCUT2D eigenvalue weighted by molar-refractivity contribution is 0.225. The van der Waals surface area contributed by atoms with Gasteiger partial charge in [-0.1, -0.05) is 42.5 Å².